The van der Waals surface area contributed by atoms with Crippen LogP contribution in [0.1, 0.15) is 11.8 Å². The van der Waals surface area contributed by atoms with Gasteiger partial charge in [-0.1, -0.05) is 29.3 Å². The molecule has 0 saturated carbocycles. The van der Waals surface area contributed by atoms with Crippen molar-refractivity contribution >= 4 is 73.1 Å². The molecule has 3 heterocycles. The second kappa shape index (κ2) is 11.4. The maximum atomic E-state index is 11.9. The number of hydrogen-bond acceptors (Lipinski definition) is 11. The summed E-state index contributed by atoms with van der Waals surface area (Å²) >= 11 is 18.1. The first kappa shape index (κ1) is 29.3. The van der Waals surface area contributed by atoms with Crippen molar-refractivity contribution in [1.82, 2.24) is 19.7 Å². The van der Waals surface area contributed by atoms with E-state index in [-0.39, 0.29) is 16.7 Å². The van der Waals surface area contributed by atoms with E-state index in [2.05, 4.69) is 25.6 Å². The van der Waals surface area contributed by atoms with E-state index in [4.69, 9.17) is 53.9 Å². The molecule has 15 nitrogen and oxygen atoms in total. The highest BCUT2D eigenvalue weighted by Gasteiger charge is 2.46. The molecule has 4 rings (SSSR count). The molecule has 0 aliphatic carbocycles. The van der Waals surface area contributed by atoms with Crippen molar-refractivity contribution in [3.63, 3.8) is 0 Å². The highest BCUT2D eigenvalue weighted by Crippen LogP contribution is 2.55. The summed E-state index contributed by atoms with van der Waals surface area (Å²) in [6, 6.07) is 4.84. The van der Waals surface area contributed by atoms with Crippen molar-refractivity contribution in [1.29, 1.82) is 0 Å². The van der Waals surface area contributed by atoms with Crippen LogP contribution in [-0.4, -0.2) is 81.7 Å². The Bertz CT molecular complexity index is 1470. The Kier molecular flexibility index (Phi) is 8.80. The number of aliphatic hydroxyl groups is 2. The predicted octanol–water partition coefficient (Wildman–Crippen LogP) is 2.19. The van der Waals surface area contributed by atoms with E-state index in [1.807, 2.05) is 0 Å². The maximum absolute atomic E-state index is 11.9. The summed E-state index contributed by atoms with van der Waals surface area (Å²) in [5.74, 6) is -1.28. The molecule has 38 heavy (non-hydrogen) atoms. The number of nitrogens with one attached hydrogen (secondary N) is 1. The molecule has 1 aromatic carbocycles. The average molecular weight is 632 g/mol. The zero-order chi connectivity index (χ0) is 27.8. The van der Waals surface area contributed by atoms with Crippen LogP contribution in [0, 0.1) is 0 Å². The smallest absolute Gasteiger partial charge is 0.340 e. The molecule has 5 atom stereocenters. The summed E-state index contributed by atoms with van der Waals surface area (Å²) in [4.78, 5) is 35.6. The van der Waals surface area contributed by atoms with Gasteiger partial charge < -0.3 is 34.2 Å². The predicted molar refractivity (Wildman–Crippen MR) is 137 cm³/mol. The van der Waals surface area contributed by atoms with Crippen molar-refractivity contribution in [3.8, 4) is 0 Å². The lowest BCUT2D eigenvalue weighted by atomic mass is 10.1. The van der Waals surface area contributed by atoms with Crippen LogP contribution in [-0.2, 0) is 18.4 Å². The highest BCUT2D eigenvalue weighted by atomic mass is 35.5. The second-order valence-corrected chi connectivity index (χ2v) is 13.2. The number of rotatable bonds is 9. The Morgan fingerprint density at radius 3 is 2.58 bits per heavy atom. The first-order valence-corrected chi connectivity index (χ1v) is 15.1. The number of fused-ring (bicyclic) bond motifs is 1. The third-order valence-electron chi connectivity index (χ3n) is 5.14. The van der Waals surface area contributed by atoms with Gasteiger partial charge in [0.1, 0.15) is 18.3 Å². The quantitative estimate of drug-likeness (QED) is 0.0864. The van der Waals surface area contributed by atoms with E-state index in [1.165, 1.54) is 12.4 Å². The molecule has 2 aromatic heterocycles. The number of benzene rings is 1. The Hall–Kier alpha value is -1.71. The molecule has 1 saturated heterocycles. The lowest BCUT2D eigenvalue weighted by Crippen LogP contribution is -2.33. The van der Waals surface area contributed by atoms with E-state index >= 15 is 0 Å². The fourth-order valence-corrected chi connectivity index (χ4v) is 6.66. The Morgan fingerprint density at radius 1 is 1.16 bits per heavy atom. The second-order valence-electron chi connectivity index (χ2n) is 7.99. The first-order chi connectivity index (χ1) is 17.7. The van der Waals surface area contributed by atoms with Crippen LogP contribution in [0.5, 0.6) is 0 Å². The number of halogens is 3. The molecule has 20 heteroatoms. The number of hydrazone groups is 1. The Labute approximate surface area is 228 Å². The number of anilines is 1. The fraction of sp³-hybridized carbons (Fsp3) is 0.333. The van der Waals surface area contributed by atoms with Gasteiger partial charge in [0.25, 0.3) is 0 Å². The minimum Gasteiger partial charge on any atom is -0.387 e. The molecule has 206 valence electrons. The van der Waals surface area contributed by atoms with Gasteiger partial charge in [-0.2, -0.15) is 20.2 Å². The Morgan fingerprint density at radius 2 is 1.89 bits per heavy atom. The zero-order valence-electron chi connectivity index (χ0n) is 18.7. The lowest BCUT2D eigenvalue weighted by Gasteiger charge is -2.18. The standard InChI is InChI=1S/C18H19Cl3N6O9P2/c19-9-2-1-8(11(20)3-9)4-22-26-15-10-5-23-27(16(10)25-18(21)24-15)17-14(29)13(28)12(36-17)6-35-38(33,34)7-37(30,31)32/h1-5,12-14,17,28-29H,6-7H2,(H,33,34)(H,24,25,26)(H2,30,31,32)/b22-4+/t12-,13-,14-,17-/m1/s1. The number of hydrogen-bond donors (Lipinski definition) is 6. The average Bonchev–Trinajstić information content (AvgIpc) is 3.33. The molecule has 0 radical (unpaired) electrons. The largest absolute Gasteiger partial charge is 0.387 e. The summed E-state index contributed by atoms with van der Waals surface area (Å²) in [5, 5.41) is 30.0. The van der Waals surface area contributed by atoms with Crippen molar-refractivity contribution in [2.75, 3.05) is 17.9 Å². The van der Waals surface area contributed by atoms with Gasteiger partial charge in [-0.3, -0.25) is 14.6 Å². The van der Waals surface area contributed by atoms with Crippen molar-refractivity contribution in [2.24, 2.45) is 5.10 Å². The van der Waals surface area contributed by atoms with Gasteiger partial charge in [0.05, 0.1) is 29.4 Å². The van der Waals surface area contributed by atoms with Crippen molar-refractivity contribution in [2.45, 2.75) is 24.5 Å². The van der Waals surface area contributed by atoms with E-state index < -0.39 is 52.2 Å². The van der Waals surface area contributed by atoms with Crippen LogP contribution < -0.4 is 5.43 Å². The van der Waals surface area contributed by atoms with Crippen LogP contribution in [0.2, 0.25) is 15.3 Å². The van der Waals surface area contributed by atoms with Crippen molar-refractivity contribution in [3.05, 3.63) is 45.3 Å². The summed E-state index contributed by atoms with van der Waals surface area (Å²) in [7, 11) is -9.57. The van der Waals surface area contributed by atoms with E-state index in [0.717, 1.165) is 4.68 Å². The SMILES string of the molecule is O=P(O)(O)CP(=O)(O)OC[C@H]1O[C@@H](n2ncc3c(N/N=C/c4ccc(Cl)cc4Cl)nc(Cl)nc32)[C@H](O)[C@@H]1O. The molecule has 1 aliphatic rings. The molecule has 0 amide bonds. The molecule has 1 aliphatic heterocycles. The van der Waals surface area contributed by atoms with Crippen LogP contribution in [0.4, 0.5) is 5.82 Å². The van der Waals surface area contributed by atoms with E-state index in [1.54, 1.807) is 18.2 Å². The molecule has 3 aromatic rings. The van der Waals surface area contributed by atoms with Gasteiger partial charge in [0.2, 0.25) is 5.28 Å². The topological polar surface area (TPSA) is 222 Å². The van der Waals surface area contributed by atoms with Gasteiger partial charge in [-0.15, -0.1) is 0 Å². The van der Waals surface area contributed by atoms with E-state index in [0.29, 0.717) is 21.0 Å². The number of nitrogens with zero attached hydrogens (tertiary/aromatic N) is 5. The minimum absolute atomic E-state index is 0.0828. The molecular weight excluding hydrogens is 613 g/mol. The number of aliphatic hydroxyl groups excluding tert-OH is 2. The molecule has 1 fully saturated rings. The third-order valence-corrected chi connectivity index (χ3v) is 9.33. The minimum atomic E-state index is -4.85. The fourth-order valence-electron chi connectivity index (χ4n) is 3.47. The first-order valence-electron chi connectivity index (χ1n) is 10.4. The van der Waals surface area contributed by atoms with Gasteiger partial charge in [0, 0.05) is 10.6 Å². The summed E-state index contributed by atoms with van der Waals surface area (Å²) in [6.07, 6.45) is -3.16. The van der Waals surface area contributed by atoms with Crippen LogP contribution >= 0.6 is 50.0 Å². The molecule has 6 N–H and O–H groups in total. The normalized spacial score (nSPS) is 23.8. The maximum Gasteiger partial charge on any atom is 0.340 e. The van der Waals surface area contributed by atoms with Gasteiger partial charge in [-0.05, 0) is 23.7 Å². The van der Waals surface area contributed by atoms with Crippen LogP contribution in [0.15, 0.2) is 29.5 Å². The van der Waals surface area contributed by atoms with Gasteiger partial charge >= 0.3 is 15.2 Å². The lowest BCUT2D eigenvalue weighted by molar-refractivity contribution is -0.0541. The van der Waals surface area contributed by atoms with Gasteiger partial charge in [0.15, 0.2) is 23.6 Å². The van der Waals surface area contributed by atoms with Crippen molar-refractivity contribution < 1.29 is 43.3 Å². The summed E-state index contributed by atoms with van der Waals surface area (Å²) < 4.78 is 34.3. The Balaban J connectivity index is 1.53. The third kappa shape index (κ3) is 6.89. The van der Waals surface area contributed by atoms with E-state index in [9.17, 15) is 24.2 Å². The number of aromatic nitrogens is 4. The molecule has 0 spiro atoms. The number of ether oxygens (including phenoxy) is 1. The van der Waals surface area contributed by atoms with Gasteiger partial charge in [-0.25, -0.2) is 4.68 Å². The monoisotopic (exact) mass is 630 g/mol. The summed E-state index contributed by atoms with van der Waals surface area (Å²) in [5.41, 5.74) is 3.35. The highest BCUT2D eigenvalue weighted by molar-refractivity contribution is 7.70. The van der Waals surface area contributed by atoms with Crippen LogP contribution in [0.25, 0.3) is 11.0 Å². The molecule has 1 unspecified atom stereocenters. The zero-order valence-corrected chi connectivity index (χ0v) is 22.8. The summed E-state index contributed by atoms with van der Waals surface area (Å²) in [6.45, 7) is -0.758. The molecular formula is C18H19Cl3N6O9P2. The van der Waals surface area contributed by atoms with Crippen LogP contribution in [0.3, 0.4) is 0 Å². The molecule has 0 bridgehead atoms.